The van der Waals surface area contributed by atoms with E-state index in [2.05, 4.69) is 10.3 Å². The van der Waals surface area contributed by atoms with Crippen LogP contribution in [-0.4, -0.2) is 54.9 Å². The van der Waals surface area contributed by atoms with Gasteiger partial charge in [0.15, 0.2) is 0 Å². The van der Waals surface area contributed by atoms with Gasteiger partial charge in [0.25, 0.3) is 0 Å². The number of hydrogen-bond donors (Lipinski definition) is 1. The standard InChI is InChI=1S/C19H25ClN4O4S/c1-28-18-6-5-16(12-17(18)20)29(26,27)24-10-2-4-15(13-24)19(25)22-7-3-9-23-11-8-21-14-23/h5-6,8,11-12,14-15H,2-4,7,9-10,13H2,1H3,(H,22,25)/t15-/m1/s1. The molecule has 8 nitrogen and oxygen atoms in total. The van der Waals surface area contributed by atoms with Crippen LogP contribution in [-0.2, 0) is 21.4 Å². The van der Waals surface area contributed by atoms with Gasteiger partial charge in [0.05, 0.1) is 29.3 Å². The second-order valence-corrected chi connectivity index (χ2v) is 9.29. The average Bonchev–Trinajstić information content (AvgIpc) is 3.24. The van der Waals surface area contributed by atoms with Crippen molar-refractivity contribution in [3.63, 3.8) is 0 Å². The van der Waals surface area contributed by atoms with Crippen molar-refractivity contribution in [3.05, 3.63) is 41.9 Å². The minimum absolute atomic E-state index is 0.102. The van der Waals surface area contributed by atoms with Crippen molar-refractivity contribution in [3.8, 4) is 5.75 Å². The number of rotatable bonds is 8. The van der Waals surface area contributed by atoms with Gasteiger partial charge >= 0.3 is 0 Å². The van der Waals surface area contributed by atoms with E-state index >= 15 is 0 Å². The Kier molecular flexibility index (Phi) is 7.15. The highest BCUT2D eigenvalue weighted by Gasteiger charge is 2.33. The molecular weight excluding hydrogens is 416 g/mol. The summed E-state index contributed by atoms with van der Waals surface area (Å²) in [6.45, 7) is 1.85. The van der Waals surface area contributed by atoms with Crippen LogP contribution in [0.4, 0.5) is 0 Å². The second-order valence-electron chi connectivity index (χ2n) is 6.94. The third kappa shape index (κ3) is 5.29. The fourth-order valence-electron chi connectivity index (χ4n) is 3.37. The maximum atomic E-state index is 13.0. The third-order valence-corrected chi connectivity index (χ3v) is 7.12. The summed E-state index contributed by atoms with van der Waals surface area (Å²) >= 11 is 6.08. The van der Waals surface area contributed by atoms with Gasteiger partial charge in [-0.3, -0.25) is 4.79 Å². The molecule has 1 aromatic heterocycles. The Labute approximate surface area is 175 Å². The minimum Gasteiger partial charge on any atom is -0.495 e. The number of sulfonamides is 1. The van der Waals surface area contributed by atoms with E-state index < -0.39 is 10.0 Å². The van der Waals surface area contributed by atoms with Crippen molar-refractivity contribution in [1.82, 2.24) is 19.2 Å². The van der Waals surface area contributed by atoms with Crippen LogP contribution in [0.2, 0.25) is 5.02 Å². The van der Waals surface area contributed by atoms with E-state index in [-0.39, 0.29) is 28.3 Å². The van der Waals surface area contributed by atoms with Gasteiger partial charge < -0.3 is 14.6 Å². The van der Waals surface area contributed by atoms with E-state index in [4.69, 9.17) is 16.3 Å². The molecule has 0 aliphatic carbocycles. The molecule has 0 spiro atoms. The summed E-state index contributed by atoms with van der Waals surface area (Å²) in [4.78, 5) is 16.6. The second kappa shape index (κ2) is 9.60. The van der Waals surface area contributed by atoms with Gasteiger partial charge in [0, 0.05) is 38.6 Å². The van der Waals surface area contributed by atoms with Gasteiger partial charge in [-0.1, -0.05) is 11.6 Å². The van der Waals surface area contributed by atoms with Gasteiger partial charge in [-0.15, -0.1) is 0 Å². The molecule has 29 heavy (non-hydrogen) atoms. The number of ether oxygens (including phenoxy) is 1. The summed E-state index contributed by atoms with van der Waals surface area (Å²) in [7, 11) is -2.26. The van der Waals surface area contributed by atoms with Gasteiger partial charge in [0.1, 0.15) is 5.75 Å². The Morgan fingerprint density at radius 1 is 1.41 bits per heavy atom. The Morgan fingerprint density at radius 3 is 2.93 bits per heavy atom. The minimum atomic E-state index is -3.73. The molecule has 1 aliphatic heterocycles. The number of nitrogens with one attached hydrogen (secondary N) is 1. The molecule has 1 aliphatic rings. The number of imidazole rings is 1. The fraction of sp³-hybridized carbons (Fsp3) is 0.474. The zero-order chi connectivity index (χ0) is 20.9. The summed E-state index contributed by atoms with van der Waals surface area (Å²) in [5.74, 6) is -0.0546. The maximum Gasteiger partial charge on any atom is 0.243 e. The zero-order valence-electron chi connectivity index (χ0n) is 16.3. The van der Waals surface area contributed by atoms with E-state index in [1.807, 2.05) is 10.8 Å². The van der Waals surface area contributed by atoms with E-state index in [0.29, 0.717) is 31.7 Å². The number of halogens is 1. The first-order valence-electron chi connectivity index (χ1n) is 9.49. The molecule has 0 unspecified atom stereocenters. The van der Waals surface area contributed by atoms with Crippen molar-refractivity contribution in [2.24, 2.45) is 5.92 Å². The fourth-order valence-corrected chi connectivity index (χ4v) is 5.24. The maximum absolute atomic E-state index is 13.0. The van der Waals surface area contributed by atoms with Gasteiger partial charge in [0.2, 0.25) is 15.9 Å². The highest BCUT2D eigenvalue weighted by Crippen LogP contribution is 2.30. The SMILES string of the molecule is COc1ccc(S(=O)(=O)N2CCC[C@@H](C(=O)NCCCn3ccnc3)C2)cc1Cl. The van der Waals surface area contributed by atoms with Crippen LogP contribution in [0.25, 0.3) is 0 Å². The molecule has 158 valence electrons. The number of aromatic nitrogens is 2. The highest BCUT2D eigenvalue weighted by molar-refractivity contribution is 7.89. The number of hydrogen-bond acceptors (Lipinski definition) is 5. The number of amides is 1. The number of benzene rings is 1. The first kappa shape index (κ1) is 21.6. The van der Waals surface area contributed by atoms with E-state index in [0.717, 1.165) is 13.0 Å². The number of carbonyl (C=O) groups excluding carboxylic acids is 1. The van der Waals surface area contributed by atoms with Crippen molar-refractivity contribution in [2.45, 2.75) is 30.7 Å². The quantitative estimate of drug-likeness (QED) is 0.635. The molecule has 2 heterocycles. The van der Waals surface area contributed by atoms with E-state index in [1.165, 1.54) is 29.6 Å². The zero-order valence-corrected chi connectivity index (χ0v) is 17.8. The van der Waals surface area contributed by atoms with Gasteiger partial charge in [-0.2, -0.15) is 4.31 Å². The van der Waals surface area contributed by atoms with E-state index in [1.54, 1.807) is 12.5 Å². The number of piperidine rings is 1. The molecule has 10 heteroatoms. The summed E-state index contributed by atoms with van der Waals surface area (Å²) in [5, 5.41) is 3.15. The smallest absolute Gasteiger partial charge is 0.243 e. The van der Waals surface area contributed by atoms with Crippen LogP contribution in [0.15, 0.2) is 41.8 Å². The molecule has 1 N–H and O–H groups in total. The Balaban J connectivity index is 1.57. The molecule has 1 aromatic carbocycles. The summed E-state index contributed by atoms with van der Waals surface area (Å²) in [5.41, 5.74) is 0. The van der Waals surface area contributed by atoms with Crippen molar-refractivity contribution in [1.29, 1.82) is 0 Å². The predicted octanol–water partition coefficient (Wildman–Crippen LogP) is 2.15. The van der Waals surface area contributed by atoms with Crippen LogP contribution in [0.5, 0.6) is 5.75 Å². The number of methoxy groups -OCH3 is 1. The molecule has 0 saturated carbocycles. The van der Waals surface area contributed by atoms with Crippen molar-refractivity contribution in [2.75, 3.05) is 26.7 Å². The third-order valence-electron chi connectivity index (χ3n) is 4.97. The van der Waals surface area contributed by atoms with Crippen LogP contribution in [0.1, 0.15) is 19.3 Å². The number of nitrogens with zero attached hydrogens (tertiary/aromatic N) is 3. The molecule has 3 rings (SSSR count). The molecule has 1 saturated heterocycles. The predicted molar refractivity (Wildman–Crippen MR) is 109 cm³/mol. The molecule has 1 amide bonds. The normalized spacial score (nSPS) is 17.8. The molecule has 1 fully saturated rings. The number of carbonyl (C=O) groups is 1. The van der Waals surface area contributed by atoms with Crippen LogP contribution >= 0.6 is 11.6 Å². The molecule has 1 atom stereocenters. The van der Waals surface area contributed by atoms with Crippen molar-refractivity contribution < 1.29 is 17.9 Å². The van der Waals surface area contributed by atoms with Crippen LogP contribution in [0, 0.1) is 5.92 Å². The lowest BCUT2D eigenvalue weighted by Crippen LogP contribution is -2.45. The average molecular weight is 441 g/mol. The lowest BCUT2D eigenvalue weighted by atomic mass is 9.99. The Morgan fingerprint density at radius 2 is 2.24 bits per heavy atom. The summed E-state index contributed by atoms with van der Waals surface area (Å²) < 4.78 is 34.4. The Hall–Kier alpha value is -2.10. The van der Waals surface area contributed by atoms with Crippen LogP contribution < -0.4 is 10.1 Å². The molecule has 0 radical (unpaired) electrons. The monoisotopic (exact) mass is 440 g/mol. The van der Waals surface area contributed by atoms with Gasteiger partial charge in [-0.25, -0.2) is 13.4 Å². The van der Waals surface area contributed by atoms with E-state index in [9.17, 15) is 13.2 Å². The lowest BCUT2D eigenvalue weighted by molar-refractivity contribution is -0.126. The first-order chi connectivity index (χ1) is 13.9. The van der Waals surface area contributed by atoms with Crippen molar-refractivity contribution >= 4 is 27.5 Å². The summed E-state index contributed by atoms with van der Waals surface area (Å²) in [6.07, 6.45) is 7.40. The Bertz CT molecular complexity index is 934. The largest absolute Gasteiger partial charge is 0.495 e. The summed E-state index contributed by atoms with van der Waals surface area (Å²) in [6, 6.07) is 4.39. The topological polar surface area (TPSA) is 93.5 Å². The lowest BCUT2D eigenvalue weighted by Gasteiger charge is -2.31. The molecular formula is C19H25ClN4O4S. The van der Waals surface area contributed by atoms with Gasteiger partial charge in [-0.05, 0) is 37.5 Å². The first-order valence-corrected chi connectivity index (χ1v) is 11.3. The molecule has 0 bridgehead atoms. The number of aryl methyl sites for hydroxylation is 1. The van der Waals surface area contributed by atoms with Crippen LogP contribution in [0.3, 0.4) is 0 Å². The molecule has 2 aromatic rings. The highest BCUT2D eigenvalue weighted by atomic mass is 35.5.